The van der Waals surface area contributed by atoms with E-state index >= 15 is 0 Å². The molecule has 0 bridgehead atoms. The van der Waals surface area contributed by atoms with E-state index in [4.69, 9.17) is 14.2 Å². The number of benzene rings is 2. The third-order valence-electron chi connectivity index (χ3n) is 3.92. The smallest absolute Gasteiger partial charge is 0.311 e. The topological polar surface area (TPSA) is 97.6 Å². The molecule has 1 N–H and O–H groups in total. The molecule has 0 atom stereocenters. The molecule has 0 saturated carbocycles. The Morgan fingerprint density at radius 2 is 1.77 bits per heavy atom. The summed E-state index contributed by atoms with van der Waals surface area (Å²) in [5.41, 5.74) is 0.624. The van der Waals surface area contributed by atoms with Gasteiger partial charge in [0.25, 0.3) is 5.91 Å². The van der Waals surface area contributed by atoms with Crippen molar-refractivity contribution in [3.63, 3.8) is 0 Å². The van der Waals surface area contributed by atoms with Gasteiger partial charge in [0.1, 0.15) is 23.1 Å². The van der Waals surface area contributed by atoms with Crippen LogP contribution in [0.25, 0.3) is 6.08 Å². The number of rotatable bonds is 11. The number of amides is 1. The van der Waals surface area contributed by atoms with E-state index in [0.717, 1.165) is 5.75 Å². The lowest BCUT2D eigenvalue weighted by Gasteiger charge is -2.07. The van der Waals surface area contributed by atoms with E-state index in [1.54, 1.807) is 24.3 Å². The van der Waals surface area contributed by atoms with Crippen LogP contribution in [-0.2, 0) is 14.3 Å². The third-order valence-corrected chi connectivity index (χ3v) is 3.92. The van der Waals surface area contributed by atoms with Gasteiger partial charge in [0.05, 0.1) is 13.2 Å². The standard InChI is InChI=1S/C23H24N2O5/c1-28-15-13-25-23(27)19(17-24)16-18-9-11-21(12-10-18)30-22(26)8-5-14-29-20-6-3-2-4-7-20/h2-4,6-7,9-12,16H,5,8,13-15H2,1H3,(H,25,27)/b19-16+. The van der Waals surface area contributed by atoms with Gasteiger partial charge in [-0.1, -0.05) is 30.3 Å². The molecule has 2 rings (SSSR count). The Balaban J connectivity index is 1.79. The summed E-state index contributed by atoms with van der Waals surface area (Å²) in [5.74, 6) is 0.329. The van der Waals surface area contributed by atoms with E-state index in [0.29, 0.717) is 37.5 Å². The third kappa shape index (κ3) is 8.17. The SMILES string of the molecule is COCCNC(=O)/C(C#N)=C/c1ccc(OC(=O)CCCOc2ccccc2)cc1. The maximum Gasteiger partial charge on any atom is 0.311 e. The van der Waals surface area contributed by atoms with Gasteiger partial charge in [-0.05, 0) is 42.3 Å². The average molecular weight is 408 g/mol. The minimum absolute atomic E-state index is 0.0192. The number of methoxy groups -OCH3 is 1. The minimum atomic E-state index is -0.470. The fraction of sp³-hybridized carbons (Fsp3) is 0.261. The van der Waals surface area contributed by atoms with Gasteiger partial charge in [0.2, 0.25) is 0 Å². The van der Waals surface area contributed by atoms with Crippen LogP contribution in [0.2, 0.25) is 0 Å². The van der Waals surface area contributed by atoms with E-state index < -0.39 is 5.91 Å². The Labute approximate surface area is 175 Å². The van der Waals surface area contributed by atoms with E-state index in [-0.39, 0.29) is 18.0 Å². The van der Waals surface area contributed by atoms with Crippen LogP contribution in [0.5, 0.6) is 11.5 Å². The molecular weight excluding hydrogens is 384 g/mol. The molecule has 156 valence electrons. The monoisotopic (exact) mass is 408 g/mol. The Kier molecular flexibility index (Phi) is 9.63. The quantitative estimate of drug-likeness (QED) is 0.202. The molecule has 2 aromatic rings. The van der Waals surface area contributed by atoms with Crippen molar-refractivity contribution in [2.45, 2.75) is 12.8 Å². The minimum Gasteiger partial charge on any atom is -0.494 e. The van der Waals surface area contributed by atoms with Crippen molar-refractivity contribution in [1.82, 2.24) is 5.32 Å². The number of carbonyl (C=O) groups excluding carboxylic acids is 2. The van der Waals surface area contributed by atoms with E-state index in [2.05, 4.69) is 5.32 Å². The van der Waals surface area contributed by atoms with Crippen molar-refractivity contribution in [2.24, 2.45) is 0 Å². The number of nitriles is 1. The number of esters is 1. The van der Waals surface area contributed by atoms with Gasteiger partial charge in [0, 0.05) is 20.1 Å². The highest BCUT2D eigenvalue weighted by Gasteiger charge is 2.09. The molecule has 0 unspecified atom stereocenters. The maximum absolute atomic E-state index is 12.0. The highest BCUT2D eigenvalue weighted by molar-refractivity contribution is 6.01. The molecule has 7 heteroatoms. The van der Waals surface area contributed by atoms with Gasteiger partial charge in [-0.15, -0.1) is 0 Å². The first kappa shape index (κ1) is 22.7. The Morgan fingerprint density at radius 1 is 1.03 bits per heavy atom. The highest BCUT2D eigenvalue weighted by Crippen LogP contribution is 2.16. The van der Waals surface area contributed by atoms with Crippen LogP contribution in [0.3, 0.4) is 0 Å². The van der Waals surface area contributed by atoms with Crippen molar-refractivity contribution in [2.75, 3.05) is 26.9 Å². The number of nitrogens with one attached hydrogen (secondary N) is 1. The molecule has 30 heavy (non-hydrogen) atoms. The van der Waals surface area contributed by atoms with Gasteiger partial charge in [-0.25, -0.2) is 0 Å². The number of carbonyl (C=O) groups is 2. The van der Waals surface area contributed by atoms with Crippen molar-refractivity contribution < 1.29 is 23.8 Å². The van der Waals surface area contributed by atoms with Crippen LogP contribution in [-0.4, -0.2) is 38.7 Å². The zero-order chi connectivity index (χ0) is 21.6. The normalized spacial score (nSPS) is 10.7. The van der Waals surface area contributed by atoms with Crippen molar-refractivity contribution in [1.29, 1.82) is 5.26 Å². The molecule has 0 heterocycles. The zero-order valence-electron chi connectivity index (χ0n) is 16.8. The van der Waals surface area contributed by atoms with Crippen LogP contribution in [0, 0.1) is 11.3 Å². The summed E-state index contributed by atoms with van der Waals surface area (Å²) >= 11 is 0. The Bertz CT molecular complexity index is 886. The second-order valence-electron chi connectivity index (χ2n) is 6.23. The van der Waals surface area contributed by atoms with Crippen LogP contribution in [0.4, 0.5) is 0 Å². The number of nitrogens with zero attached hydrogens (tertiary/aromatic N) is 1. The first-order valence-corrected chi connectivity index (χ1v) is 9.50. The fourth-order valence-corrected chi connectivity index (χ4v) is 2.41. The summed E-state index contributed by atoms with van der Waals surface area (Å²) in [6, 6.07) is 17.8. The Hall–Kier alpha value is -3.63. The molecule has 0 aliphatic rings. The fourth-order valence-electron chi connectivity index (χ4n) is 2.41. The van der Waals surface area contributed by atoms with E-state index in [1.807, 2.05) is 36.4 Å². The molecule has 0 radical (unpaired) electrons. The molecule has 0 fully saturated rings. The van der Waals surface area contributed by atoms with Crippen molar-refractivity contribution in [3.8, 4) is 17.6 Å². The molecule has 0 saturated heterocycles. The lowest BCUT2D eigenvalue weighted by Crippen LogP contribution is -2.27. The summed E-state index contributed by atoms with van der Waals surface area (Å²) in [6.45, 7) is 1.11. The first-order valence-electron chi connectivity index (χ1n) is 9.50. The van der Waals surface area contributed by atoms with Gasteiger partial charge in [-0.3, -0.25) is 9.59 Å². The molecule has 0 aliphatic heterocycles. The van der Waals surface area contributed by atoms with Crippen molar-refractivity contribution in [3.05, 3.63) is 65.7 Å². The molecule has 7 nitrogen and oxygen atoms in total. The van der Waals surface area contributed by atoms with E-state index in [9.17, 15) is 14.9 Å². The molecular formula is C23H24N2O5. The summed E-state index contributed by atoms with van der Waals surface area (Å²) in [5, 5.41) is 11.8. The second kappa shape index (κ2) is 12.8. The number of para-hydroxylation sites is 1. The average Bonchev–Trinajstić information content (AvgIpc) is 2.77. The summed E-state index contributed by atoms with van der Waals surface area (Å²) in [7, 11) is 1.53. The predicted octanol–water partition coefficient (Wildman–Crippen LogP) is 3.12. The van der Waals surface area contributed by atoms with Gasteiger partial charge in [-0.2, -0.15) is 5.26 Å². The van der Waals surface area contributed by atoms with Crippen LogP contribution >= 0.6 is 0 Å². The maximum atomic E-state index is 12.0. The summed E-state index contributed by atoms with van der Waals surface area (Å²) in [4.78, 5) is 23.9. The number of hydrogen-bond acceptors (Lipinski definition) is 6. The lowest BCUT2D eigenvalue weighted by atomic mass is 10.1. The second-order valence-corrected chi connectivity index (χ2v) is 6.23. The summed E-state index contributed by atoms with van der Waals surface area (Å²) < 4.78 is 15.7. The molecule has 0 spiro atoms. The highest BCUT2D eigenvalue weighted by atomic mass is 16.5. The Morgan fingerprint density at radius 3 is 2.43 bits per heavy atom. The molecule has 0 aliphatic carbocycles. The lowest BCUT2D eigenvalue weighted by molar-refractivity contribution is -0.134. The molecule has 1 amide bonds. The first-order chi connectivity index (χ1) is 14.6. The molecule has 2 aromatic carbocycles. The molecule has 0 aromatic heterocycles. The number of hydrogen-bond donors (Lipinski definition) is 1. The van der Waals surface area contributed by atoms with Gasteiger partial charge >= 0.3 is 5.97 Å². The van der Waals surface area contributed by atoms with E-state index in [1.165, 1.54) is 13.2 Å². The largest absolute Gasteiger partial charge is 0.494 e. The number of ether oxygens (including phenoxy) is 3. The van der Waals surface area contributed by atoms with Crippen LogP contribution in [0.15, 0.2) is 60.2 Å². The van der Waals surface area contributed by atoms with Crippen LogP contribution < -0.4 is 14.8 Å². The van der Waals surface area contributed by atoms with Crippen LogP contribution in [0.1, 0.15) is 18.4 Å². The summed E-state index contributed by atoms with van der Waals surface area (Å²) in [6.07, 6.45) is 2.24. The van der Waals surface area contributed by atoms with Crippen molar-refractivity contribution >= 4 is 18.0 Å². The van der Waals surface area contributed by atoms with Gasteiger partial charge < -0.3 is 19.5 Å². The predicted molar refractivity (Wildman–Crippen MR) is 112 cm³/mol. The van der Waals surface area contributed by atoms with Gasteiger partial charge in [0.15, 0.2) is 0 Å². The zero-order valence-corrected chi connectivity index (χ0v) is 16.8.